The number of hydrogen-bond donors (Lipinski definition) is 2. The Labute approximate surface area is 189 Å². The molecule has 2 aromatic carbocycles. The van der Waals surface area contributed by atoms with Gasteiger partial charge in [0.2, 0.25) is 20.0 Å². The molecular formula is C21H29N3O6S2. The number of rotatable bonds is 11. The minimum absolute atomic E-state index is 0.120. The number of nitrogens with zero attached hydrogens (tertiary/aromatic N) is 1. The van der Waals surface area contributed by atoms with Crippen LogP contribution in [0.3, 0.4) is 0 Å². The second-order valence-corrected chi connectivity index (χ2v) is 11.3. The average Bonchev–Trinajstić information content (AvgIpc) is 2.76. The van der Waals surface area contributed by atoms with Gasteiger partial charge in [-0.2, -0.15) is 0 Å². The van der Waals surface area contributed by atoms with Crippen molar-refractivity contribution in [2.45, 2.75) is 42.6 Å². The van der Waals surface area contributed by atoms with Crippen LogP contribution < -0.4 is 14.8 Å². The largest absolute Gasteiger partial charge is 0.484 e. The molecule has 0 fully saturated rings. The smallest absolute Gasteiger partial charge is 0.258 e. The number of carbonyl (C=O) groups excluding carboxylic acids is 1. The van der Waals surface area contributed by atoms with E-state index in [9.17, 15) is 21.6 Å². The first kappa shape index (κ1) is 25.8. The van der Waals surface area contributed by atoms with Gasteiger partial charge in [0.1, 0.15) is 5.75 Å². The Bertz CT molecular complexity index is 1110. The van der Waals surface area contributed by atoms with Crippen LogP contribution in [0.15, 0.2) is 58.3 Å². The molecule has 0 unspecified atom stereocenters. The molecule has 0 radical (unpaired) electrons. The molecule has 0 heterocycles. The number of sulfonamides is 2. The topological polar surface area (TPSA) is 122 Å². The molecule has 2 N–H and O–H groups in total. The predicted octanol–water partition coefficient (Wildman–Crippen LogP) is 1.71. The van der Waals surface area contributed by atoms with Crippen molar-refractivity contribution in [3.05, 3.63) is 54.1 Å². The third kappa shape index (κ3) is 7.02. The summed E-state index contributed by atoms with van der Waals surface area (Å²) in [6.45, 7) is 3.64. The quantitative estimate of drug-likeness (QED) is 0.502. The highest BCUT2D eigenvalue weighted by molar-refractivity contribution is 7.89. The molecule has 32 heavy (non-hydrogen) atoms. The molecule has 0 aliphatic carbocycles. The van der Waals surface area contributed by atoms with Crippen LogP contribution >= 0.6 is 0 Å². The molecule has 2 rings (SSSR count). The van der Waals surface area contributed by atoms with E-state index in [4.69, 9.17) is 4.74 Å². The first-order valence-electron chi connectivity index (χ1n) is 9.99. The van der Waals surface area contributed by atoms with Gasteiger partial charge in [-0.3, -0.25) is 4.79 Å². The molecule has 0 saturated heterocycles. The van der Waals surface area contributed by atoms with E-state index in [1.165, 1.54) is 50.5 Å². The fourth-order valence-electron chi connectivity index (χ4n) is 2.52. The fraction of sp³-hybridized carbons (Fsp3) is 0.381. The molecule has 0 spiro atoms. The highest BCUT2D eigenvalue weighted by atomic mass is 32.2. The van der Waals surface area contributed by atoms with Crippen LogP contribution in [0.25, 0.3) is 0 Å². The number of amides is 1. The van der Waals surface area contributed by atoms with E-state index in [0.717, 1.165) is 9.87 Å². The van der Waals surface area contributed by atoms with Gasteiger partial charge < -0.3 is 10.1 Å². The second-order valence-electron chi connectivity index (χ2n) is 7.40. The summed E-state index contributed by atoms with van der Waals surface area (Å²) in [6, 6.07) is 11.9. The summed E-state index contributed by atoms with van der Waals surface area (Å²) in [7, 11) is -4.18. The van der Waals surface area contributed by atoms with Crippen LogP contribution in [-0.2, 0) is 31.4 Å². The molecule has 9 nitrogen and oxygen atoms in total. The van der Waals surface area contributed by atoms with E-state index < -0.39 is 20.0 Å². The first-order chi connectivity index (χ1) is 15.0. The van der Waals surface area contributed by atoms with Crippen LogP contribution in [0, 0.1) is 0 Å². The maximum absolute atomic E-state index is 12.3. The molecule has 0 aromatic heterocycles. The minimum atomic E-state index is -3.60. The molecule has 0 aliphatic rings. The SMILES string of the molecule is CC[C@H](C)NS(=O)(=O)c1ccc(OCC(=O)NCc2ccc(S(=O)(=O)N(C)C)cc2)cc1. The Balaban J connectivity index is 1.86. The monoisotopic (exact) mass is 483 g/mol. The number of ether oxygens (including phenoxy) is 1. The normalized spacial score (nSPS) is 13.0. The Morgan fingerprint density at radius 3 is 2.06 bits per heavy atom. The second kappa shape index (κ2) is 10.9. The summed E-state index contributed by atoms with van der Waals surface area (Å²) >= 11 is 0. The zero-order chi connectivity index (χ0) is 23.9. The third-order valence-corrected chi connectivity index (χ3v) is 8.10. The van der Waals surface area contributed by atoms with Crippen LogP contribution in [-0.4, -0.2) is 53.8 Å². The highest BCUT2D eigenvalue weighted by Crippen LogP contribution is 2.17. The Morgan fingerprint density at radius 1 is 0.969 bits per heavy atom. The maximum atomic E-state index is 12.3. The van der Waals surface area contributed by atoms with Gasteiger partial charge in [0.05, 0.1) is 9.79 Å². The summed E-state index contributed by atoms with van der Waals surface area (Å²) in [5, 5.41) is 2.68. The summed E-state index contributed by atoms with van der Waals surface area (Å²) in [5.74, 6) is -0.00832. The molecule has 1 amide bonds. The van der Waals surface area contributed by atoms with Gasteiger partial charge in [0.25, 0.3) is 5.91 Å². The van der Waals surface area contributed by atoms with Crippen LogP contribution in [0.2, 0.25) is 0 Å². The summed E-state index contributed by atoms with van der Waals surface area (Å²) in [5.41, 5.74) is 0.736. The molecule has 176 valence electrons. The van der Waals surface area contributed by atoms with E-state index in [1.54, 1.807) is 19.1 Å². The van der Waals surface area contributed by atoms with Gasteiger partial charge in [0.15, 0.2) is 6.61 Å². The van der Waals surface area contributed by atoms with E-state index >= 15 is 0 Å². The zero-order valence-electron chi connectivity index (χ0n) is 18.5. The van der Waals surface area contributed by atoms with E-state index in [0.29, 0.717) is 12.2 Å². The molecule has 1 atom stereocenters. The molecule has 11 heteroatoms. The number of benzene rings is 2. The Morgan fingerprint density at radius 2 is 1.53 bits per heavy atom. The van der Waals surface area contributed by atoms with E-state index in [-0.39, 0.29) is 34.9 Å². The molecule has 0 bridgehead atoms. The lowest BCUT2D eigenvalue weighted by Crippen LogP contribution is -2.32. The average molecular weight is 484 g/mol. The lowest BCUT2D eigenvalue weighted by atomic mass is 10.2. The number of hydrogen-bond acceptors (Lipinski definition) is 6. The van der Waals surface area contributed by atoms with Crippen LogP contribution in [0.5, 0.6) is 5.75 Å². The fourth-order valence-corrected chi connectivity index (χ4v) is 4.75. The Hall–Kier alpha value is -2.47. The van der Waals surface area contributed by atoms with Gasteiger partial charge in [0, 0.05) is 26.7 Å². The van der Waals surface area contributed by atoms with Crippen molar-refractivity contribution >= 4 is 26.0 Å². The van der Waals surface area contributed by atoms with Crippen molar-refractivity contribution in [3.8, 4) is 5.75 Å². The lowest BCUT2D eigenvalue weighted by molar-refractivity contribution is -0.123. The van der Waals surface area contributed by atoms with Crippen molar-refractivity contribution in [2.24, 2.45) is 0 Å². The van der Waals surface area contributed by atoms with Crippen molar-refractivity contribution in [2.75, 3.05) is 20.7 Å². The molecule has 2 aromatic rings. The minimum Gasteiger partial charge on any atom is -0.484 e. The van der Waals surface area contributed by atoms with Crippen molar-refractivity contribution in [3.63, 3.8) is 0 Å². The number of nitrogens with one attached hydrogen (secondary N) is 2. The van der Waals surface area contributed by atoms with E-state index in [1.807, 2.05) is 6.92 Å². The van der Waals surface area contributed by atoms with Gasteiger partial charge in [-0.15, -0.1) is 0 Å². The Kier molecular flexibility index (Phi) is 8.79. The number of carbonyl (C=O) groups is 1. The third-order valence-electron chi connectivity index (χ3n) is 4.66. The van der Waals surface area contributed by atoms with Crippen LogP contribution in [0.1, 0.15) is 25.8 Å². The van der Waals surface area contributed by atoms with Crippen molar-refractivity contribution in [1.29, 1.82) is 0 Å². The summed E-state index contributed by atoms with van der Waals surface area (Å²) in [4.78, 5) is 12.3. The lowest BCUT2D eigenvalue weighted by Gasteiger charge is -2.13. The predicted molar refractivity (Wildman–Crippen MR) is 121 cm³/mol. The van der Waals surface area contributed by atoms with Crippen molar-refractivity contribution in [1.82, 2.24) is 14.3 Å². The summed E-state index contributed by atoms with van der Waals surface area (Å²) < 4.78 is 57.8. The van der Waals surface area contributed by atoms with Gasteiger partial charge >= 0.3 is 0 Å². The van der Waals surface area contributed by atoms with Crippen molar-refractivity contribution < 1.29 is 26.4 Å². The maximum Gasteiger partial charge on any atom is 0.258 e. The summed E-state index contributed by atoms with van der Waals surface area (Å²) in [6.07, 6.45) is 0.675. The molecule has 0 saturated carbocycles. The molecular weight excluding hydrogens is 454 g/mol. The van der Waals surface area contributed by atoms with Gasteiger partial charge in [-0.1, -0.05) is 19.1 Å². The standard InChI is InChI=1S/C21H29N3O6S2/c1-5-16(2)23-31(26,27)19-12-8-18(9-13-19)30-15-21(25)22-14-17-6-10-20(11-7-17)32(28,29)24(3)4/h6-13,16,23H,5,14-15H2,1-4H3,(H,22,25)/t16-/m0/s1. The first-order valence-corrected chi connectivity index (χ1v) is 12.9. The molecule has 0 aliphatic heterocycles. The van der Waals surface area contributed by atoms with E-state index in [2.05, 4.69) is 10.0 Å². The zero-order valence-corrected chi connectivity index (χ0v) is 20.2. The van der Waals surface area contributed by atoms with Gasteiger partial charge in [-0.25, -0.2) is 25.9 Å². The van der Waals surface area contributed by atoms with Crippen LogP contribution in [0.4, 0.5) is 0 Å². The van der Waals surface area contributed by atoms with Gasteiger partial charge in [-0.05, 0) is 55.3 Å². The highest BCUT2D eigenvalue weighted by Gasteiger charge is 2.17.